The fraction of sp³-hybridized carbons (Fsp3) is 0. The smallest absolute Gasteiger partial charge is 0.731 e. The quantitative estimate of drug-likeness (QED) is 0.599. The van der Waals surface area contributed by atoms with E-state index < -0.39 is 10.3 Å². The van der Waals surface area contributed by atoms with Crippen LogP contribution in [-0.2, 0) is 10.3 Å². The molecule has 88 valence electrons. The molecule has 0 aliphatic rings. The van der Waals surface area contributed by atoms with Gasteiger partial charge in [0.15, 0.2) is 10.3 Å². The van der Waals surface area contributed by atoms with Crippen molar-refractivity contribution in [2.75, 3.05) is 4.31 Å². The van der Waals surface area contributed by atoms with Crippen LogP contribution in [0.1, 0.15) is 0 Å². The summed E-state index contributed by atoms with van der Waals surface area (Å²) in [7, 11) is -4.59. The summed E-state index contributed by atoms with van der Waals surface area (Å²) in [5.74, 6) is 0. The topological polar surface area (TPSA) is 60.4 Å². The summed E-state index contributed by atoms with van der Waals surface area (Å²) in [6, 6.07) is 16.5. The Labute approximate surface area is 147 Å². The van der Waals surface area contributed by atoms with Crippen LogP contribution in [0.5, 0.6) is 0 Å². The fourth-order valence-corrected chi connectivity index (χ4v) is 2.29. The van der Waals surface area contributed by atoms with Gasteiger partial charge in [-0.1, -0.05) is 36.4 Å². The molecule has 2 rings (SSSR count). The van der Waals surface area contributed by atoms with Crippen LogP contribution in [0.3, 0.4) is 0 Å². The SMILES string of the molecule is O=S(=O)([O-])N(c1ccccc1)c1ccccc1.[Ba+2]. The van der Waals surface area contributed by atoms with Crippen LogP contribution < -0.4 is 4.31 Å². The zero-order valence-corrected chi connectivity index (χ0v) is 14.8. The van der Waals surface area contributed by atoms with Crippen LogP contribution in [-0.4, -0.2) is 61.9 Å². The van der Waals surface area contributed by atoms with Crippen LogP contribution in [0.2, 0.25) is 0 Å². The van der Waals surface area contributed by atoms with E-state index in [9.17, 15) is 13.0 Å². The Morgan fingerprint density at radius 3 is 1.39 bits per heavy atom. The summed E-state index contributed by atoms with van der Waals surface area (Å²) in [5.41, 5.74) is 0.655. The zero-order chi connectivity index (χ0) is 12.3. The summed E-state index contributed by atoms with van der Waals surface area (Å²) >= 11 is 0. The first kappa shape index (κ1) is 15.8. The summed E-state index contributed by atoms with van der Waals surface area (Å²) < 4.78 is 34.7. The van der Waals surface area contributed by atoms with E-state index in [-0.39, 0.29) is 48.9 Å². The first-order valence-corrected chi connectivity index (χ1v) is 6.32. The van der Waals surface area contributed by atoms with Gasteiger partial charge < -0.3 is 4.55 Å². The number of para-hydroxylation sites is 2. The second-order valence-electron chi connectivity index (χ2n) is 3.39. The van der Waals surface area contributed by atoms with Crippen molar-refractivity contribution < 1.29 is 13.0 Å². The maximum absolute atomic E-state index is 11.3. The third kappa shape index (κ3) is 3.86. The largest absolute Gasteiger partial charge is 2.00 e. The van der Waals surface area contributed by atoms with E-state index in [0.29, 0.717) is 11.4 Å². The average Bonchev–Trinajstić information content (AvgIpc) is 2.30. The van der Waals surface area contributed by atoms with Gasteiger partial charge in [0, 0.05) is 0 Å². The van der Waals surface area contributed by atoms with Crippen molar-refractivity contribution >= 4 is 70.6 Å². The molecule has 0 radical (unpaired) electrons. The Hall–Kier alpha value is -0.279. The van der Waals surface area contributed by atoms with Gasteiger partial charge in [-0.3, -0.25) is 0 Å². The molecule has 0 aliphatic heterocycles. The molecule has 2 aromatic carbocycles. The Morgan fingerprint density at radius 1 is 0.778 bits per heavy atom. The molecule has 0 atom stereocenters. The molecule has 0 bridgehead atoms. The second-order valence-corrected chi connectivity index (χ2v) is 4.61. The number of hydrogen-bond acceptors (Lipinski definition) is 3. The van der Waals surface area contributed by atoms with Crippen molar-refractivity contribution in [3.05, 3.63) is 60.7 Å². The van der Waals surface area contributed by atoms with Crippen molar-refractivity contribution in [1.82, 2.24) is 0 Å². The first-order chi connectivity index (χ1) is 8.09. The van der Waals surface area contributed by atoms with E-state index in [4.69, 9.17) is 0 Å². The average molecular weight is 386 g/mol. The van der Waals surface area contributed by atoms with Gasteiger partial charge in [0.05, 0.1) is 11.4 Å². The van der Waals surface area contributed by atoms with Gasteiger partial charge in [0.25, 0.3) is 0 Å². The number of rotatable bonds is 3. The van der Waals surface area contributed by atoms with Gasteiger partial charge in [-0.25, -0.2) is 12.7 Å². The molecule has 0 unspecified atom stereocenters. The molecule has 0 heterocycles. The third-order valence-electron chi connectivity index (χ3n) is 2.21. The first-order valence-electron chi connectivity index (χ1n) is 4.95. The van der Waals surface area contributed by atoms with E-state index in [2.05, 4.69) is 0 Å². The minimum Gasteiger partial charge on any atom is -0.731 e. The Kier molecular flexibility index (Phi) is 5.93. The molecule has 0 saturated heterocycles. The van der Waals surface area contributed by atoms with Gasteiger partial charge in [-0.2, -0.15) is 0 Å². The van der Waals surface area contributed by atoms with Crippen molar-refractivity contribution in [2.45, 2.75) is 0 Å². The molecule has 0 amide bonds. The van der Waals surface area contributed by atoms with Gasteiger partial charge in [0.2, 0.25) is 0 Å². The molecule has 18 heavy (non-hydrogen) atoms. The van der Waals surface area contributed by atoms with Crippen molar-refractivity contribution in [2.24, 2.45) is 0 Å². The molecule has 0 fully saturated rings. The van der Waals surface area contributed by atoms with E-state index in [1.807, 2.05) is 0 Å². The predicted molar refractivity (Wildman–Crippen MR) is 70.5 cm³/mol. The summed E-state index contributed by atoms with van der Waals surface area (Å²) in [4.78, 5) is 0. The molecular weight excluding hydrogens is 376 g/mol. The molecular formula is C12H10BaNO3S+. The van der Waals surface area contributed by atoms with Gasteiger partial charge in [-0.15, -0.1) is 0 Å². The Balaban J connectivity index is 0.00000162. The number of benzene rings is 2. The monoisotopic (exact) mass is 386 g/mol. The number of hydrogen-bond donors (Lipinski definition) is 0. The zero-order valence-electron chi connectivity index (χ0n) is 9.56. The van der Waals surface area contributed by atoms with E-state index in [1.54, 1.807) is 60.7 Å². The fourth-order valence-electron chi connectivity index (χ4n) is 1.53. The molecule has 0 N–H and O–H groups in total. The van der Waals surface area contributed by atoms with Crippen LogP contribution >= 0.6 is 0 Å². The van der Waals surface area contributed by atoms with Crippen molar-refractivity contribution in [1.29, 1.82) is 0 Å². The maximum atomic E-state index is 11.3. The standard InChI is InChI=1S/C12H11NO3S.Ba/c14-17(15,16)13(11-7-3-1-4-8-11)12-9-5-2-6-10-12;/h1-10H,(H,14,15,16);/q;+2/p-1. The van der Waals surface area contributed by atoms with Crippen LogP contribution in [0, 0.1) is 0 Å². The van der Waals surface area contributed by atoms with Crippen molar-refractivity contribution in [3.8, 4) is 0 Å². The van der Waals surface area contributed by atoms with Crippen LogP contribution in [0.4, 0.5) is 11.4 Å². The number of nitrogens with zero attached hydrogens (tertiary/aromatic N) is 1. The maximum Gasteiger partial charge on any atom is 2.00 e. The van der Waals surface area contributed by atoms with Crippen molar-refractivity contribution in [3.63, 3.8) is 0 Å². The van der Waals surface area contributed by atoms with Gasteiger partial charge >= 0.3 is 48.9 Å². The normalized spacial score (nSPS) is 10.5. The van der Waals surface area contributed by atoms with E-state index >= 15 is 0 Å². The molecule has 0 aliphatic carbocycles. The van der Waals surface area contributed by atoms with Crippen LogP contribution in [0.15, 0.2) is 60.7 Å². The minimum absolute atomic E-state index is 0. The molecule has 0 spiro atoms. The number of anilines is 2. The third-order valence-corrected chi connectivity index (χ3v) is 3.07. The molecule has 6 heteroatoms. The van der Waals surface area contributed by atoms with Crippen LogP contribution in [0.25, 0.3) is 0 Å². The molecule has 0 aromatic heterocycles. The van der Waals surface area contributed by atoms with Gasteiger partial charge in [-0.05, 0) is 24.3 Å². The Morgan fingerprint density at radius 2 is 1.11 bits per heavy atom. The minimum atomic E-state index is -4.59. The van der Waals surface area contributed by atoms with E-state index in [0.717, 1.165) is 4.31 Å². The van der Waals surface area contributed by atoms with Gasteiger partial charge in [0.1, 0.15) is 0 Å². The second kappa shape index (κ2) is 6.76. The molecule has 0 saturated carbocycles. The summed E-state index contributed by atoms with van der Waals surface area (Å²) in [6.07, 6.45) is 0. The summed E-state index contributed by atoms with van der Waals surface area (Å²) in [5, 5.41) is 0. The van der Waals surface area contributed by atoms with E-state index in [1.165, 1.54) is 0 Å². The molecule has 2 aromatic rings. The summed E-state index contributed by atoms with van der Waals surface area (Å²) in [6.45, 7) is 0. The molecule has 4 nitrogen and oxygen atoms in total. The predicted octanol–water partition coefficient (Wildman–Crippen LogP) is 1.90. The Bertz CT molecular complexity index is 548.